The molecule has 1 spiro atoms. The maximum Gasteiger partial charge on any atom is 0.225 e. The van der Waals surface area contributed by atoms with Crippen LogP contribution in [0.5, 0.6) is 0 Å². The van der Waals surface area contributed by atoms with Crippen molar-refractivity contribution < 1.29 is 4.79 Å². The Bertz CT molecular complexity index is 1580. The van der Waals surface area contributed by atoms with Gasteiger partial charge in [-0.3, -0.25) is 4.79 Å². The fourth-order valence-corrected chi connectivity index (χ4v) is 6.85. The summed E-state index contributed by atoms with van der Waals surface area (Å²) in [5.41, 5.74) is 4.39. The summed E-state index contributed by atoms with van der Waals surface area (Å²) in [5, 5.41) is 9.88. The second-order valence-electron chi connectivity index (χ2n) is 11.1. The van der Waals surface area contributed by atoms with Gasteiger partial charge in [0.1, 0.15) is 12.1 Å². The van der Waals surface area contributed by atoms with Gasteiger partial charge in [0.25, 0.3) is 0 Å². The van der Waals surface area contributed by atoms with E-state index in [-0.39, 0.29) is 11.5 Å². The van der Waals surface area contributed by atoms with Crippen LogP contribution in [0.4, 0.5) is 5.82 Å². The van der Waals surface area contributed by atoms with E-state index in [0.29, 0.717) is 30.6 Å². The molecule has 1 saturated carbocycles. The number of anilines is 1. The van der Waals surface area contributed by atoms with Gasteiger partial charge in [-0.1, -0.05) is 54.1 Å². The summed E-state index contributed by atoms with van der Waals surface area (Å²) in [6, 6.07) is 16.4. The summed E-state index contributed by atoms with van der Waals surface area (Å²) in [5.74, 6) is 1.26. The van der Waals surface area contributed by atoms with Gasteiger partial charge < -0.3 is 15.1 Å². The van der Waals surface area contributed by atoms with E-state index in [4.69, 9.17) is 11.6 Å². The summed E-state index contributed by atoms with van der Waals surface area (Å²) in [6.07, 6.45) is 11.4. The van der Waals surface area contributed by atoms with Crippen LogP contribution in [0.25, 0.3) is 17.1 Å². The number of nitrogens with one attached hydrogen (secondary N) is 1. The lowest BCUT2D eigenvalue weighted by molar-refractivity contribution is -0.137. The molecule has 4 heterocycles. The maximum atomic E-state index is 13.6. The van der Waals surface area contributed by atoms with E-state index in [0.717, 1.165) is 61.2 Å². The fraction of sp³-hybridized carbons (Fsp3) is 0.355. The Balaban J connectivity index is 0.999. The molecule has 2 aliphatic heterocycles. The maximum absolute atomic E-state index is 13.6. The molecule has 7 rings (SSSR count). The van der Waals surface area contributed by atoms with E-state index in [2.05, 4.69) is 66.7 Å². The van der Waals surface area contributed by atoms with Crippen LogP contribution in [0, 0.1) is 5.92 Å². The van der Waals surface area contributed by atoms with Crippen LogP contribution in [-0.4, -0.2) is 56.7 Å². The van der Waals surface area contributed by atoms with Crippen molar-refractivity contribution in [2.75, 3.05) is 31.1 Å². The molecule has 1 N–H and O–H groups in total. The predicted molar refractivity (Wildman–Crippen MR) is 157 cm³/mol. The van der Waals surface area contributed by atoms with Crippen LogP contribution in [0.1, 0.15) is 42.4 Å². The van der Waals surface area contributed by atoms with Crippen LogP contribution in [0.2, 0.25) is 5.02 Å². The minimum Gasteiger partial charge on any atom is -0.381 e. The van der Waals surface area contributed by atoms with Crippen molar-refractivity contribution in [1.29, 1.82) is 0 Å². The van der Waals surface area contributed by atoms with Crippen molar-refractivity contribution in [3.05, 3.63) is 89.0 Å². The van der Waals surface area contributed by atoms with E-state index in [9.17, 15) is 4.79 Å². The molecular weight excluding hydrogens is 522 g/mol. The molecule has 0 atom stereocenters. The monoisotopic (exact) mass is 553 g/mol. The van der Waals surface area contributed by atoms with Gasteiger partial charge in [-0.25, -0.2) is 14.6 Å². The zero-order valence-corrected chi connectivity index (χ0v) is 23.1. The van der Waals surface area contributed by atoms with Crippen molar-refractivity contribution in [2.45, 2.75) is 37.8 Å². The van der Waals surface area contributed by atoms with Crippen molar-refractivity contribution in [2.24, 2.45) is 5.92 Å². The summed E-state index contributed by atoms with van der Waals surface area (Å²) < 4.78 is 1.87. The second-order valence-corrected chi connectivity index (χ2v) is 11.5. The molecule has 1 saturated heterocycles. The SMILES string of the molecule is O=C(C1CCC2(CC1)NC=Cc1ccccc12)N1CCN(c2ncnc3c2cnn3Cc2ccccc2Cl)CC1. The zero-order chi connectivity index (χ0) is 27.1. The molecule has 2 aromatic heterocycles. The Labute approximate surface area is 238 Å². The number of carbonyl (C=O) groups is 1. The first-order valence-corrected chi connectivity index (χ1v) is 14.5. The standard InChI is InChI=1S/C31H32ClN7O/c32-27-8-4-2-6-24(27)20-39-29-25(19-36-39)28(33-21-34-29)37-15-17-38(18-16-37)30(40)23-9-12-31(13-10-23)26-7-3-1-5-22(26)11-14-35-31/h1-8,11,14,19,21,23,35H,9-10,12-13,15-18,20H2. The Morgan fingerprint density at radius 1 is 1.00 bits per heavy atom. The van der Waals surface area contributed by atoms with Crippen molar-refractivity contribution in [3.8, 4) is 0 Å². The Hall–Kier alpha value is -3.91. The number of rotatable bonds is 4. The molecule has 204 valence electrons. The van der Waals surface area contributed by atoms with Gasteiger partial charge in [-0.15, -0.1) is 0 Å². The van der Waals surface area contributed by atoms with Gasteiger partial charge in [0, 0.05) is 37.1 Å². The van der Waals surface area contributed by atoms with E-state index in [1.807, 2.05) is 35.1 Å². The molecule has 8 nitrogen and oxygen atoms in total. The number of hydrogen-bond donors (Lipinski definition) is 1. The van der Waals surface area contributed by atoms with E-state index >= 15 is 0 Å². The molecule has 40 heavy (non-hydrogen) atoms. The minimum atomic E-state index is -0.0461. The third-order valence-corrected chi connectivity index (χ3v) is 9.24. The van der Waals surface area contributed by atoms with Crippen molar-refractivity contribution >= 4 is 40.4 Å². The number of benzene rings is 2. The zero-order valence-electron chi connectivity index (χ0n) is 22.3. The number of halogens is 1. The summed E-state index contributed by atoms with van der Waals surface area (Å²) in [4.78, 5) is 27.0. The van der Waals surface area contributed by atoms with Crippen molar-refractivity contribution in [3.63, 3.8) is 0 Å². The molecule has 1 aliphatic carbocycles. The number of aromatic nitrogens is 4. The lowest BCUT2D eigenvalue weighted by Gasteiger charge is -2.44. The summed E-state index contributed by atoms with van der Waals surface area (Å²) in [7, 11) is 0. The van der Waals surface area contributed by atoms with Gasteiger partial charge in [-0.2, -0.15) is 5.10 Å². The van der Waals surface area contributed by atoms with Crippen LogP contribution < -0.4 is 10.2 Å². The number of fused-ring (bicyclic) bond motifs is 3. The van der Waals surface area contributed by atoms with Gasteiger partial charge in [-0.05, 0) is 60.7 Å². The van der Waals surface area contributed by atoms with Crippen LogP contribution in [0.3, 0.4) is 0 Å². The Morgan fingerprint density at radius 2 is 1.77 bits per heavy atom. The highest BCUT2D eigenvalue weighted by atomic mass is 35.5. The average molecular weight is 554 g/mol. The molecule has 9 heteroatoms. The quantitative estimate of drug-likeness (QED) is 0.390. The largest absolute Gasteiger partial charge is 0.381 e. The number of amides is 1. The smallest absolute Gasteiger partial charge is 0.225 e. The van der Waals surface area contributed by atoms with Gasteiger partial charge >= 0.3 is 0 Å². The average Bonchev–Trinajstić information content (AvgIpc) is 3.42. The van der Waals surface area contributed by atoms with E-state index < -0.39 is 0 Å². The molecule has 0 radical (unpaired) electrons. The lowest BCUT2D eigenvalue weighted by Crippen LogP contribution is -2.52. The topological polar surface area (TPSA) is 79.2 Å². The van der Waals surface area contributed by atoms with Gasteiger partial charge in [0.2, 0.25) is 5.91 Å². The van der Waals surface area contributed by atoms with Crippen LogP contribution in [0.15, 0.2) is 67.3 Å². The Morgan fingerprint density at radius 3 is 2.60 bits per heavy atom. The molecule has 0 unspecified atom stereocenters. The number of hydrogen-bond acceptors (Lipinski definition) is 6. The number of carbonyl (C=O) groups excluding carboxylic acids is 1. The second kappa shape index (κ2) is 10.2. The first kappa shape index (κ1) is 25.1. The minimum absolute atomic E-state index is 0.0461. The first-order valence-electron chi connectivity index (χ1n) is 14.1. The first-order chi connectivity index (χ1) is 19.6. The van der Waals surface area contributed by atoms with Crippen molar-refractivity contribution in [1.82, 2.24) is 30.0 Å². The third-order valence-electron chi connectivity index (χ3n) is 8.87. The molecule has 2 aromatic carbocycles. The molecule has 4 aromatic rings. The lowest BCUT2D eigenvalue weighted by atomic mass is 9.70. The highest BCUT2D eigenvalue weighted by Gasteiger charge is 2.41. The molecule has 3 aliphatic rings. The summed E-state index contributed by atoms with van der Waals surface area (Å²) in [6.45, 7) is 3.42. The van der Waals surface area contributed by atoms with Crippen LogP contribution in [-0.2, 0) is 16.9 Å². The third kappa shape index (κ3) is 4.40. The van der Waals surface area contributed by atoms with Crippen LogP contribution >= 0.6 is 11.6 Å². The normalized spacial score (nSPS) is 22.4. The highest BCUT2D eigenvalue weighted by Crippen LogP contribution is 2.43. The molecule has 2 fully saturated rings. The summed E-state index contributed by atoms with van der Waals surface area (Å²) >= 11 is 6.38. The fourth-order valence-electron chi connectivity index (χ4n) is 6.65. The van der Waals surface area contributed by atoms with Gasteiger partial charge in [0.05, 0.1) is 23.7 Å². The molecule has 0 bridgehead atoms. The number of piperazine rings is 1. The Kier molecular flexibility index (Phi) is 6.42. The number of nitrogens with zero attached hydrogens (tertiary/aromatic N) is 6. The highest BCUT2D eigenvalue weighted by molar-refractivity contribution is 6.31. The predicted octanol–water partition coefficient (Wildman–Crippen LogP) is 4.84. The van der Waals surface area contributed by atoms with Gasteiger partial charge in [0.15, 0.2) is 5.65 Å². The van der Waals surface area contributed by atoms with E-state index in [1.165, 1.54) is 11.1 Å². The molecular formula is C31H32ClN7O. The molecule has 1 amide bonds. The van der Waals surface area contributed by atoms with E-state index in [1.54, 1.807) is 6.33 Å².